The lowest BCUT2D eigenvalue weighted by atomic mass is 10.0. The molecular formula is C16H15ClO. The van der Waals surface area contributed by atoms with Gasteiger partial charge in [0.15, 0.2) is 0 Å². The molecule has 0 saturated heterocycles. The summed E-state index contributed by atoms with van der Waals surface area (Å²) >= 11 is 5.95. The first-order valence-electron chi connectivity index (χ1n) is 6.23. The predicted molar refractivity (Wildman–Crippen MR) is 75.1 cm³/mol. The van der Waals surface area contributed by atoms with E-state index in [0.717, 1.165) is 23.0 Å². The van der Waals surface area contributed by atoms with Crippen LogP contribution in [-0.2, 0) is 0 Å². The normalized spacial score (nSPS) is 21.9. The van der Waals surface area contributed by atoms with Gasteiger partial charge in [-0.05, 0) is 53.1 Å². The number of hydrogen-bond acceptors (Lipinski definition) is 1. The molecule has 2 atom stereocenters. The molecule has 0 bridgehead atoms. The lowest BCUT2D eigenvalue weighted by molar-refractivity contribution is 0.475. The zero-order valence-electron chi connectivity index (χ0n) is 10.2. The summed E-state index contributed by atoms with van der Waals surface area (Å²) in [4.78, 5) is 0. The van der Waals surface area contributed by atoms with E-state index in [0.29, 0.717) is 5.02 Å². The summed E-state index contributed by atoms with van der Waals surface area (Å²) in [7, 11) is 0. The highest BCUT2D eigenvalue weighted by molar-refractivity contribution is 6.31. The minimum Gasteiger partial charge on any atom is -0.508 e. The molecule has 0 aromatic heterocycles. The van der Waals surface area contributed by atoms with Gasteiger partial charge in [-0.15, -0.1) is 0 Å². The molecule has 0 spiro atoms. The molecule has 18 heavy (non-hydrogen) atoms. The van der Waals surface area contributed by atoms with E-state index in [1.54, 1.807) is 12.1 Å². The average Bonchev–Trinajstić information content (AvgIpc) is 3.05. The van der Waals surface area contributed by atoms with Crippen LogP contribution in [0.25, 0.3) is 11.1 Å². The zero-order valence-corrected chi connectivity index (χ0v) is 11.0. The predicted octanol–water partition coefficient (Wildman–Crippen LogP) is 4.84. The fourth-order valence-electron chi connectivity index (χ4n) is 2.45. The minimum absolute atomic E-state index is 0.206. The van der Waals surface area contributed by atoms with Crippen LogP contribution >= 0.6 is 11.6 Å². The summed E-state index contributed by atoms with van der Waals surface area (Å²) in [5, 5.41) is 10.1. The maximum absolute atomic E-state index is 9.56. The molecule has 0 amide bonds. The Morgan fingerprint density at radius 3 is 2.28 bits per heavy atom. The second kappa shape index (κ2) is 4.33. The van der Waals surface area contributed by atoms with E-state index < -0.39 is 0 Å². The Morgan fingerprint density at radius 1 is 1.06 bits per heavy atom. The summed E-state index contributed by atoms with van der Waals surface area (Å²) in [5.74, 6) is 1.77. The van der Waals surface area contributed by atoms with Gasteiger partial charge in [0.05, 0.1) is 0 Å². The molecule has 0 heterocycles. The fraction of sp³-hybridized carbons (Fsp3) is 0.250. The Labute approximate surface area is 112 Å². The van der Waals surface area contributed by atoms with Crippen LogP contribution in [0, 0.1) is 5.92 Å². The van der Waals surface area contributed by atoms with E-state index in [1.807, 2.05) is 6.07 Å². The summed E-state index contributed by atoms with van der Waals surface area (Å²) in [6.07, 6.45) is 1.30. The van der Waals surface area contributed by atoms with E-state index >= 15 is 0 Å². The van der Waals surface area contributed by atoms with E-state index in [1.165, 1.54) is 12.0 Å². The smallest absolute Gasteiger partial charge is 0.117 e. The van der Waals surface area contributed by atoms with Crippen LogP contribution in [0.5, 0.6) is 5.75 Å². The largest absolute Gasteiger partial charge is 0.508 e. The van der Waals surface area contributed by atoms with E-state index in [9.17, 15) is 5.11 Å². The van der Waals surface area contributed by atoms with Gasteiger partial charge in [-0.2, -0.15) is 0 Å². The minimum atomic E-state index is 0.206. The topological polar surface area (TPSA) is 20.2 Å². The van der Waals surface area contributed by atoms with Gasteiger partial charge in [0.1, 0.15) is 5.75 Å². The molecule has 2 aromatic rings. The first-order valence-corrected chi connectivity index (χ1v) is 6.61. The maximum atomic E-state index is 9.56. The van der Waals surface area contributed by atoms with Gasteiger partial charge < -0.3 is 5.11 Å². The molecule has 2 heteroatoms. The second-order valence-corrected chi connectivity index (χ2v) is 5.58. The Morgan fingerprint density at radius 2 is 1.72 bits per heavy atom. The number of phenols is 1. The Balaban J connectivity index is 1.92. The van der Waals surface area contributed by atoms with Crippen molar-refractivity contribution in [2.75, 3.05) is 0 Å². The molecule has 3 rings (SSSR count). The van der Waals surface area contributed by atoms with Crippen molar-refractivity contribution in [2.24, 2.45) is 5.92 Å². The SMILES string of the molecule is CC1CC1c1ccc(-c2cc(O)cc(Cl)c2)cc1. The summed E-state index contributed by atoms with van der Waals surface area (Å²) in [6.45, 7) is 2.29. The molecule has 2 unspecified atom stereocenters. The standard InChI is InChI=1S/C16H15ClO/c1-10-6-16(10)12-4-2-11(3-5-12)13-7-14(17)9-15(18)8-13/h2-5,7-10,16,18H,6H2,1H3. The van der Waals surface area contributed by atoms with E-state index in [4.69, 9.17) is 11.6 Å². The summed E-state index contributed by atoms with van der Waals surface area (Å²) in [6, 6.07) is 13.7. The van der Waals surface area contributed by atoms with E-state index in [-0.39, 0.29) is 5.75 Å². The van der Waals surface area contributed by atoms with Crippen molar-refractivity contribution in [3.8, 4) is 16.9 Å². The first-order chi connectivity index (χ1) is 8.63. The third-order valence-electron chi connectivity index (χ3n) is 3.66. The molecule has 1 aliphatic rings. The van der Waals surface area contributed by atoms with Gasteiger partial charge in [-0.1, -0.05) is 42.8 Å². The number of benzene rings is 2. The average molecular weight is 259 g/mol. The quantitative estimate of drug-likeness (QED) is 0.818. The van der Waals surface area contributed by atoms with Crippen molar-refractivity contribution < 1.29 is 5.11 Å². The van der Waals surface area contributed by atoms with Gasteiger partial charge in [-0.3, -0.25) is 0 Å². The van der Waals surface area contributed by atoms with Crippen molar-refractivity contribution in [3.63, 3.8) is 0 Å². The first kappa shape index (κ1) is 11.6. The third kappa shape index (κ3) is 2.23. The van der Waals surface area contributed by atoms with E-state index in [2.05, 4.69) is 31.2 Å². The molecule has 0 radical (unpaired) electrons. The molecule has 1 N–H and O–H groups in total. The van der Waals surface area contributed by atoms with Gasteiger partial charge in [-0.25, -0.2) is 0 Å². The summed E-state index contributed by atoms with van der Waals surface area (Å²) in [5.41, 5.74) is 3.46. The fourth-order valence-corrected chi connectivity index (χ4v) is 2.68. The van der Waals surface area contributed by atoms with Gasteiger partial charge >= 0.3 is 0 Å². The number of rotatable bonds is 2. The van der Waals surface area contributed by atoms with Crippen LogP contribution in [0.2, 0.25) is 5.02 Å². The van der Waals surface area contributed by atoms with Crippen LogP contribution in [0.15, 0.2) is 42.5 Å². The zero-order chi connectivity index (χ0) is 12.7. The highest BCUT2D eigenvalue weighted by atomic mass is 35.5. The van der Waals surface area contributed by atoms with Crippen molar-refractivity contribution >= 4 is 11.6 Å². The van der Waals surface area contributed by atoms with Crippen LogP contribution in [0.3, 0.4) is 0 Å². The second-order valence-electron chi connectivity index (χ2n) is 5.14. The molecule has 2 aromatic carbocycles. The molecular weight excluding hydrogens is 244 g/mol. The molecule has 1 aliphatic carbocycles. The number of hydrogen-bond donors (Lipinski definition) is 1. The number of aromatic hydroxyl groups is 1. The Kier molecular flexibility index (Phi) is 2.79. The molecule has 1 fully saturated rings. The van der Waals surface area contributed by atoms with Crippen molar-refractivity contribution in [3.05, 3.63) is 53.1 Å². The monoisotopic (exact) mass is 258 g/mol. The Hall–Kier alpha value is -1.47. The van der Waals surface area contributed by atoms with Crippen molar-refractivity contribution in [1.82, 2.24) is 0 Å². The highest BCUT2D eigenvalue weighted by Gasteiger charge is 2.33. The van der Waals surface area contributed by atoms with Crippen LogP contribution < -0.4 is 0 Å². The van der Waals surface area contributed by atoms with Crippen molar-refractivity contribution in [1.29, 1.82) is 0 Å². The molecule has 92 valence electrons. The third-order valence-corrected chi connectivity index (χ3v) is 3.88. The van der Waals surface area contributed by atoms with Crippen LogP contribution in [-0.4, -0.2) is 5.11 Å². The summed E-state index contributed by atoms with van der Waals surface area (Å²) < 4.78 is 0. The molecule has 1 nitrogen and oxygen atoms in total. The van der Waals surface area contributed by atoms with Crippen molar-refractivity contribution in [2.45, 2.75) is 19.3 Å². The lowest BCUT2D eigenvalue weighted by Gasteiger charge is -2.05. The lowest BCUT2D eigenvalue weighted by Crippen LogP contribution is -1.83. The van der Waals surface area contributed by atoms with Gasteiger partial charge in [0, 0.05) is 5.02 Å². The van der Waals surface area contributed by atoms with Gasteiger partial charge in [0.2, 0.25) is 0 Å². The van der Waals surface area contributed by atoms with Crippen LogP contribution in [0.1, 0.15) is 24.8 Å². The highest BCUT2D eigenvalue weighted by Crippen LogP contribution is 2.47. The number of halogens is 1. The molecule has 0 aliphatic heterocycles. The maximum Gasteiger partial charge on any atom is 0.117 e. The van der Waals surface area contributed by atoms with Gasteiger partial charge in [0.25, 0.3) is 0 Å². The van der Waals surface area contributed by atoms with Crippen LogP contribution in [0.4, 0.5) is 0 Å². The Bertz CT molecular complexity index is 554. The molecule has 1 saturated carbocycles. The number of phenolic OH excluding ortho intramolecular Hbond substituents is 1.